The van der Waals surface area contributed by atoms with Crippen LogP contribution in [0.1, 0.15) is 20.3 Å². The van der Waals surface area contributed by atoms with Crippen molar-refractivity contribution in [2.24, 2.45) is 16.0 Å². The van der Waals surface area contributed by atoms with Gasteiger partial charge in [-0.2, -0.15) is 5.10 Å². The molecule has 0 radical (unpaired) electrons. The first-order valence-electron chi connectivity index (χ1n) is 6.32. The van der Waals surface area contributed by atoms with Crippen LogP contribution in [0.3, 0.4) is 0 Å². The third-order valence-corrected chi connectivity index (χ3v) is 3.34. The Kier molecular flexibility index (Phi) is 3.99. The van der Waals surface area contributed by atoms with Crippen LogP contribution in [-0.2, 0) is 4.74 Å². The van der Waals surface area contributed by atoms with Gasteiger partial charge in [-0.3, -0.25) is 5.01 Å². The standard InChI is InChI=1S/C12H22N4O/c1-10-9-13-15(3)12(10)14-11(2)16-5-4-7-17-8-6-16/h9-10,12H,4-8H2,1-3H3. The molecule has 17 heavy (non-hydrogen) atoms. The number of aliphatic imine (C=N–C) groups is 1. The Hall–Kier alpha value is -1.10. The molecule has 2 atom stereocenters. The highest BCUT2D eigenvalue weighted by atomic mass is 16.5. The van der Waals surface area contributed by atoms with Gasteiger partial charge in [-0.15, -0.1) is 0 Å². The summed E-state index contributed by atoms with van der Waals surface area (Å²) < 4.78 is 5.46. The first-order valence-corrected chi connectivity index (χ1v) is 6.32. The molecule has 0 amide bonds. The summed E-state index contributed by atoms with van der Waals surface area (Å²) in [5.74, 6) is 1.49. The molecule has 1 saturated heterocycles. The molecule has 5 nitrogen and oxygen atoms in total. The first kappa shape index (κ1) is 12.4. The second-order valence-corrected chi connectivity index (χ2v) is 4.74. The minimum absolute atomic E-state index is 0.152. The highest BCUT2D eigenvalue weighted by Gasteiger charge is 2.25. The van der Waals surface area contributed by atoms with Crippen LogP contribution in [0.5, 0.6) is 0 Å². The molecule has 0 aliphatic carbocycles. The van der Waals surface area contributed by atoms with Gasteiger partial charge in [0.05, 0.1) is 12.4 Å². The molecule has 0 spiro atoms. The van der Waals surface area contributed by atoms with Gasteiger partial charge in [0.25, 0.3) is 0 Å². The van der Waals surface area contributed by atoms with Crippen molar-refractivity contribution in [3.05, 3.63) is 0 Å². The average Bonchev–Trinajstić information content (AvgIpc) is 2.59. The molecule has 2 unspecified atom stereocenters. The lowest BCUT2D eigenvalue weighted by Gasteiger charge is -2.25. The van der Waals surface area contributed by atoms with Gasteiger partial charge in [0, 0.05) is 38.9 Å². The zero-order chi connectivity index (χ0) is 12.3. The lowest BCUT2D eigenvalue weighted by Crippen LogP contribution is -2.35. The zero-order valence-electron chi connectivity index (χ0n) is 11.0. The summed E-state index contributed by atoms with van der Waals surface area (Å²) in [6.45, 7) is 7.90. The molecule has 2 rings (SSSR count). The fraction of sp³-hybridized carbons (Fsp3) is 0.833. The zero-order valence-corrected chi connectivity index (χ0v) is 11.0. The van der Waals surface area contributed by atoms with Gasteiger partial charge in [-0.05, 0) is 13.3 Å². The smallest absolute Gasteiger partial charge is 0.146 e. The van der Waals surface area contributed by atoms with E-state index in [1.54, 1.807) is 0 Å². The van der Waals surface area contributed by atoms with E-state index >= 15 is 0 Å². The summed E-state index contributed by atoms with van der Waals surface area (Å²) in [6, 6.07) is 0. The Balaban J connectivity index is 2.00. The maximum atomic E-state index is 5.46. The summed E-state index contributed by atoms with van der Waals surface area (Å²) in [5.41, 5.74) is 0. The normalized spacial score (nSPS) is 30.9. The fourth-order valence-corrected chi connectivity index (χ4v) is 2.24. The van der Waals surface area contributed by atoms with E-state index in [-0.39, 0.29) is 6.17 Å². The van der Waals surface area contributed by atoms with E-state index in [9.17, 15) is 0 Å². The second-order valence-electron chi connectivity index (χ2n) is 4.74. The van der Waals surface area contributed by atoms with Crippen LogP contribution in [0.15, 0.2) is 10.1 Å². The first-order chi connectivity index (χ1) is 8.18. The van der Waals surface area contributed by atoms with E-state index < -0.39 is 0 Å². The lowest BCUT2D eigenvalue weighted by atomic mass is 10.1. The maximum Gasteiger partial charge on any atom is 0.146 e. The molecule has 0 aromatic heterocycles. The molecule has 2 aliphatic heterocycles. The number of rotatable bonds is 1. The maximum absolute atomic E-state index is 5.46. The minimum Gasteiger partial charge on any atom is -0.380 e. The van der Waals surface area contributed by atoms with Gasteiger partial charge < -0.3 is 9.64 Å². The molecular formula is C12H22N4O. The van der Waals surface area contributed by atoms with Crippen LogP contribution < -0.4 is 0 Å². The number of hydrazone groups is 1. The third kappa shape index (κ3) is 2.97. The summed E-state index contributed by atoms with van der Waals surface area (Å²) in [6.07, 6.45) is 3.20. The molecule has 0 N–H and O–H groups in total. The molecule has 0 aromatic rings. The number of nitrogens with zero attached hydrogens (tertiary/aromatic N) is 4. The minimum atomic E-state index is 0.152. The van der Waals surface area contributed by atoms with Crippen LogP contribution >= 0.6 is 0 Å². The third-order valence-electron chi connectivity index (χ3n) is 3.34. The van der Waals surface area contributed by atoms with Crippen LogP contribution in [0.2, 0.25) is 0 Å². The molecule has 1 fully saturated rings. The van der Waals surface area contributed by atoms with Gasteiger partial charge in [-0.1, -0.05) is 6.92 Å². The van der Waals surface area contributed by atoms with Crippen molar-refractivity contribution in [2.45, 2.75) is 26.4 Å². The van der Waals surface area contributed by atoms with Crippen molar-refractivity contribution < 1.29 is 4.74 Å². The molecule has 0 aromatic carbocycles. The number of ether oxygens (including phenoxy) is 1. The number of amidine groups is 1. The molecular weight excluding hydrogens is 216 g/mol. The number of hydrogen-bond donors (Lipinski definition) is 0. The van der Waals surface area contributed by atoms with E-state index in [4.69, 9.17) is 9.73 Å². The molecule has 5 heteroatoms. The van der Waals surface area contributed by atoms with Crippen molar-refractivity contribution in [3.8, 4) is 0 Å². The molecule has 0 saturated carbocycles. The van der Waals surface area contributed by atoms with E-state index in [1.807, 2.05) is 18.3 Å². The summed E-state index contributed by atoms with van der Waals surface area (Å²) >= 11 is 0. The Labute approximate surface area is 103 Å². The van der Waals surface area contributed by atoms with Crippen molar-refractivity contribution in [3.63, 3.8) is 0 Å². The van der Waals surface area contributed by atoms with E-state index in [1.165, 1.54) is 0 Å². The van der Waals surface area contributed by atoms with Gasteiger partial charge >= 0.3 is 0 Å². The topological polar surface area (TPSA) is 40.4 Å². The summed E-state index contributed by atoms with van der Waals surface area (Å²) in [5, 5.41) is 6.21. The predicted molar refractivity (Wildman–Crippen MR) is 69.3 cm³/mol. The monoisotopic (exact) mass is 238 g/mol. The van der Waals surface area contributed by atoms with Crippen molar-refractivity contribution in [1.29, 1.82) is 0 Å². The summed E-state index contributed by atoms with van der Waals surface area (Å²) in [4.78, 5) is 7.10. The molecule has 2 heterocycles. The Morgan fingerprint density at radius 3 is 2.94 bits per heavy atom. The van der Waals surface area contributed by atoms with E-state index in [2.05, 4.69) is 23.8 Å². The lowest BCUT2D eigenvalue weighted by molar-refractivity contribution is 0.147. The van der Waals surface area contributed by atoms with Crippen molar-refractivity contribution in [2.75, 3.05) is 33.4 Å². The van der Waals surface area contributed by atoms with Crippen molar-refractivity contribution in [1.82, 2.24) is 9.91 Å². The Morgan fingerprint density at radius 2 is 2.24 bits per heavy atom. The Morgan fingerprint density at radius 1 is 1.41 bits per heavy atom. The Bertz CT molecular complexity index is 296. The van der Waals surface area contributed by atoms with Gasteiger partial charge in [0.2, 0.25) is 0 Å². The molecule has 96 valence electrons. The van der Waals surface area contributed by atoms with Gasteiger partial charge in [0.1, 0.15) is 6.17 Å². The second kappa shape index (κ2) is 5.49. The largest absolute Gasteiger partial charge is 0.380 e. The van der Waals surface area contributed by atoms with E-state index in [0.717, 1.165) is 38.6 Å². The quantitative estimate of drug-likeness (QED) is 0.506. The predicted octanol–water partition coefficient (Wildman–Crippen LogP) is 1.02. The SMILES string of the molecule is CC(=NC1C(C)C=NN1C)N1CCCOCC1. The fourth-order valence-electron chi connectivity index (χ4n) is 2.24. The van der Waals surface area contributed by atoms with Crippen LogP contribution in [0, 0.1) is 5.92 Å². The van der Waals surface area contributed by atoms with Crippen LogP contribution in [0.4, 0.5) is 0 Å². The number of hydrogen-bond acceptors (Lipinski definition) is 4. The molecule has 0 bridgehead atoms. The van der Waals surface area contributed by atoms with Crippen molar-refractivity contribution >= 4 is 12.1 Å². The van der Waals surface area contributed by atoms with Crippen LogP contribution in [0.25, 0.3) is 0 Å². The highest BCUT2D eigenvalue weighted by Crippen LogP contribution is 2.17. The van der Waals surface area contributed by atoms with Gasteiger partial charge in [-0.25, -0.2) is 4.99 Å². The van der Waals surface area contributed by atoms with Crippen LogP contribution in [-0.4, -0.2) is 61.5 Å². The summed E-state index contributed by atoms with van der Waals surface area (Å²) in [7, 11) is 1.98. The van der Waals surface area contributed by atoms with Gasteiger partial charge in [0.15, 0.2) is 0 Å². The average molecular weight is 238 g/mol. The van der Waals surface area contributed by atoms with E-state index in [0.29, 0.717) is 5.92 Å². The highest BCUT2D eigenvalue weighted by molar-refractivity contribution is 5.80. The molecule has 2 aliphatic rings.